The second-order valence-corrected chi connectivity index (χ2v) is 9.69. The zero-order valence-electron chi connectivity index (χ0n) is 20.3. The normalized spacial score (nSPS) is 21.4. The molecule has 2 atom stereocenters. The van der Waals surface area contributed by atoms with Gasteiger partial charge in [0.25, 0.3) is 0 Å². The number of amides is 1. The van der Waals surface area contributed by atoms with E-state index in [1.807, 2.05) is 0 Å². The Morgan fingerprint density at radius 2 is 2.00 bits per heavy atom. The zero-order chi connectivity index (χ0) is 27.2. The van der Waals surface area contributed by atoms with Crippen molar-refractivity contribution in [3.8, 4) is 5.69 Å². The molecule has 12 heteroatoms. The van der Waals surface area contributed by atoms with Crippen LogP contribution in [-0.2, 0) is 11.2 Å². The Morgan fingerprint density at radius 1 is 1.24 bits per heavy atom. The molecule has 1 saturated carbocycles. The Labute approximate surface area is 214 Å². The lowest BCUT2D eigenvalue weighted by molar-refractivity contribution is -0.606. The molecule has 0 radical (unpaired) electrons. The van der Waals surface area contributed by atoms with Crippen molar-refractivity contribution in [3.05, 3.63) is 83.6 Å². The number of imidazole rings is 1. The van der Waals surface area contributed by atoms with Gasteiger partial charge in [-0.1, -0.05) is 6.07 Å². The summed E-state index contributed by atoms with van der Waals surface area (Å²) in [6.07, 6.45) is 0.821. The van der Waals surface area contributed by atoms with Crippen molar-refractivity contribution in [2.24, 2.45) is 10.5 Å². The summed E-state index contributed by atoms with van der Waals surface area (Å²) in [6, 6.07) is 7.40. The number of alkyl halides is 3. The van der Waals surface area contributed by atoms with Crippen LogP contribution in [0.1, 0.15) is 29.7 Å². The van der Waals surface area contributed by atoms with E-state index in [4.69, 9.17) is 5.53 Å². The van der Waals surface area contributed by atoms with Crippen LogP contribution in [0.15, 0.2) is 60.2 Å². The van der Waals surface area contributed by atoms with Crippen LogP contribution in [-0.4, -0.2) is 34.2 Å². The van der Waals surface area contributed by atoms with E-state index in [-0.39, 0.29) is 29.9 Å². The van der Waals surface area contributed by atoms with E-state index in [9.17, 15) is 26.7 Å². The van der Waals surface area contributed by atoms with Gasteiger partial charge in [0, 0.05) is 23.9 Å². The fraction of sp³-hybridized carbons (Fsp3) is 0.308. The van der Waals surface area contributed by atoms with E-state index in [0.717, 1.165) is 11.8 Å². The van der Waals surface area contributed by atoms with Gasteiger partial charge in [-0.05, 0) is 55.7 Å². The van der Waals surface area contributed by atoms with Gasteiger partial charge in [0.15, 0.2) is 0 Å². The lowest BCUT2D eigenvalue weighted by atomic mass is 9.96. The van der Waals surface area contributed by atoms with Crippen LogP contribution in [0.2, 0.25) is 0 Å². The van der Waals surface area contributed by atoms with Gasteiger partial charge >= 0.3 is 6.18 Å². The number of quaternary nitrogens is 1. The number of nitrogens with two attached hydrogens (primary N) is 1. The Bertz CT molecular complexity index is 1450. The summed E-state index contributed by atoms with van der Waals surface area (Å²) in [4.78, 5) is 18.2. The molecule has 1 fully saturated rings. The molecule has 7 nitrogen and oxygen atoms in total. The molecule has 0 saturated heterocycles. The first-order chi connectivity index (χ1) is 18.0. The molecule has 38 heavy (non-hydrogen) atoms. The highest BCUT2D eigenvalue weighted by atomic mass is 19.4. The highest BCUT2D eigenvalue weighted by Crippen LogP contribution is 2.52. The van der Waals surface area contributed by atoms with Gasteiger partial charge in [-0.25, -0.2) is 19.3 Å². The maximum atomic E-state index is 14.8. The summed E-state index contributed by atoms with van der Waals surface area (Å²) in [5.74, 6) is -1.79. The van der Waals surface area contributed by atoms with Crippen LogP contribution >= 0.6 is 0 Å². The highest BCUT2D eigenvalue weighted by Gasteiger charge is 2.65. The minimum absolute atomic E-state index is 0.0669. The number of anilines is 1. The largest absolute Gasteiger partial charge is 0.406 e. The molecule has 2 aromatic carbocycles. The number of rotatable bonds is 6. The third-order valence-electron chi connectivity index (χ3n) is 7.16. The summed E-state index contributed by atoms with van der Waals surface area (Å²) in [6.45, 7) is 0.311. The van der Waals surface area contributed by atoms with E-state index < -0.39 is 41.7 Å². The average molecular weight is 532 g/mol. The molecule has 2 aliphatic rings. The fourth-order valence-corrected chi connectivity index (χ4v) is 5.15. The molecule has 2 unspecified atom stereocenters. The van der Waals surface area contributed by atoms with E-state index >= 15 is 0 Å². The molecule has 3 N–H and O–H groups in total. The molecule has 1 spiro atoms. The zero-order valence-corrected chi connectivity index (χ0v) is 20.3. The number of nitrogens with one attached hydrogen (secondary N) is 1. The van der Waals surface area contributed by atoms with Crippen molar-refractivity contribution in [2.75, 3.05) is 11.4 Å². The van der Waals surface area contributed by atoms with Crippen LogP contribution in [0.4, 0.5) is 27.6 Å². The van der Waals surface area contributed by atoms with Gasteiger partial charge in [0.05, 0.1) is 17.7 Å². The van der Waals surface area contributed by atoms with Crippen LogP contribution in [0.25, 0.3) is 11.4 Å². The molecule has 5 rings (SSSR count). The minimum atomic E-state index is -4.64. The topological polar surface area (TPSA) is 91.0 Å². The number of aromatic nitrogens is 2. The highest BCUT2D eigenvalue weighted by molar-refractivity contribution is 6.01. The third kappa shape index (κ3) is 4.83. The number of hydrogen-bond donors (Lipinski definition) is 2. The Kier molecular flexibility index (Phi) is 6.38. The average Bonchev–Trinajstić information content (AvgIpc) is 3.43. The maximum absolute atomic E-state index is 14.8. The second kappa shape index (κ2) is 9.43. The van der Waals surface area contributed by atoms with Crippen molar-refractivity contribution < 1.29 is 32.1 Å². The molecule has 1 aliphatic carbocycles. The molecular weight excluding hydrogens is 507 g/mol. The van der Waals surface area contributed by atoms with Crippen molar-refractivity contribution in [1.82, 2.24) is 9.55 Å². The quantitative estimate of drug-likeness (QED) is 0.358. The summed E-state index contributed by atoms with van der Waals surface area (Å²) >= 11 is 0. The summed E-state index contributed by atoms with van der Waals surface area (Å²) in [7, 11) is 0. The Balaban J connectivity index is 1.38. The van der Waals surface area contributed by atoms with Gasteiger partial charge in [0.1, 0.15) is 41.5 Å². The van der Waals surface area contributed by atoms with Crippen molar-refractivity contribution in [1.29, 1.82) is 5.53 Å². The molecule has 1 aromatic heterocycles. The lowest BCUT2D eigenvalue weighted by Crippen LogP contribution is -2.82. The summed E-state index contributed by atoms with van der Waals surface area (Å²) in [5, 5.41) is 5.13. The number of hydrogen-bond acceptors (Lipinski definition) is 4. The summed E-state index contributed by atoms with van der Waals surface area (Å²) in [5.41, 5.74) is 8.38. The Morgan fingerprint density at radius 3 is 2.66 bits per heavy atom. The minimum Gasteiger partial charge on any atom is -0.315 e. The number of benzene rings is 2. The molecular formula is C26H24F5N6O+. The predicted octanol–water partition coefficient (Wildman–Crippen LogP) is 4.65. The monoisotopic (exact) mass is 531 g/mol. The van der Waals surface area contributed by atoms with Gasteiger partial charge in [-0.3, -0.25) is 4.79 Å². The van der Waals surface area contributed by atoms with Crippen molar-refractivity contribution in [3.63, 3.8) is 0 Å². The number of nitrogens with zero attached hydrogens (tertiary/aromatic N) is 4. The number of carbonyl (C=O) groups is 1. The molecule has 0 bridgehead atoms. The smallest absolute Gasteiger partial charge is 0.315 e. The van der Waals surface area contributed by atoms with Crippen LogP contribution in [0.5, 0.6) is 0 Å². The lowest BCUT2D eigenvalue weighted by Gasteiger charge is -2.26. The first-order valence-corrected chi connectivity index (χ1v) is 11.9. The van der Waals surface area contributed by atoms with Gasteiger partial charge in [-0.15, -0.1) is 0 Å². The Hall–Kier alpha value is -3.93. The van der Waals surface area contributed by atoms with E-state index in [1.165, 1.54) is 41.4 Å². The molecule has 198 valence electrons. The van der Waals surface area contributed by atoms with Crippen molar-refractivity contribution >= 4 is 17.3 Å². The van der Waals surface area contributed by atoms with Gasteiger partial charge in [-0.2, -0.15) is 18.3 Å². The predicted molar refractivity (Wildman–Crippen MR) is 127 cm³/mol. The number of aryl methyl sites for hydroxylation is 2. The second-order valence-electron chi connectivity index (χ2n) is 9.69. The molecule has 3 aromatic rings. The first kappa shape index (κ1) is 25.7. The van der Waals surface area contributed by atoms with Gasteiger partial charge in [0.2, 0.25) is 5.91 Å². The SMILES string of the molecule is Cc1cn(-c2ccc(/C(=C/[NH2+]C3CC34CCc3cc(F)ccc3N(CC(F)(F)F)C4=O)N=N)cc2F)cn1. The van der Waals surface area contributed by atoms with E-state index in [0.29, 0.717) is 22.4 Å². The van der Waals surface area contributed by atoms with Crippen LogP contribution < -0.4 is 10.2 Å². The molecule has 1 amide bonds. The molecule has 1 aliphatic heterocycles. The molecule has 2 heterocycles. The van der Waals surface area contributed by atoms with Crippen LogP contribution in [0.3, 0.4) is 0 Å². The summed E-state index contributed by atoms with van der Waals surface area (Å²) < 4.78 is 70.4. The number of carbonyl (C=O) groups excluding carboxylic acids is 1. The van der Waals surface area contributed by atoms with E-state index in [2.05, 4.69) is 10.1 Å². The number of fused-ring (bicyclic) bond motifs is 1. The standard InChI is InChI=1S/C26H23F5N6O/c1-15-12-36(14-34-15)22-4-2-16(9-19(22)28)20(35-32)11-33-23-10-25(23)7-6-17-8-18(27)3-5-21(17)37(24(25)38)13-26(29,30)31/h2-5,8-9,11-12,14,23,32-33H,6-7,10,13H2,1H3/p+1/b20-11-,35-32?. The van der Waals surface area contributed by atoms with Crippen molar-refractivity contribution in [2.45, 2.75) is 38.4 Å². The fourth-order valence-electron chi connectivity index (χ4n) is 5.15. The van der Waals surface area contributed by atoms with Gasteiger partial charge < -0.3 is 14.8 Å². The number of halogens is 5. The maximum Gasteiger partial charge on any atom is 0.406 e. The van der Waals surface area contributed by atoms with Crippen LogP contribution in [0, 0.1) is 29.5 Å². The first-order valence-electron chi connectivity index (χ1n) is 11.9. The third-order valence-corrected chi connectivity index (χ3v) is 7.16. The van der Waals surface area contributed by atoms with E-state index in [1.54, 1.807) is 24.5 Å².